The Hall–Kier alpha value is -6.72. The summed E-state index contributed by atoms with van der Waals surface area (Å²) in [6, 6.07) is 51.6. The highest BCUT2D eigenvalue weighted by Crippen LogP contribution is 2.41. The van der Waals surface area contributed by atoms with Gasteiger partial charge < -0.3 is 13.6 Å². The number of aromatic nitrogens is 4. The maximum Gasteiger partial charge on any atom is 0.159 e. The third-order valence-electron chi connectivity index (χ3n) is 9.59. The quantitative estimate of drug-likeness (QED) is 0.191. The van der Waals surface area contributed by atoms with E-state index in [9.17, 15) is 0 Å². The van der Waals surface area contributed by atoms with E-state index < -0.39 is 0 Å². The molecule has 0 unspecified atom stereocenters. The molecule has 0 amide bonds. The van der Waals surface area contributed by atoms with Crippen LogP contribution in [-0.4, -0.2) is 19.1 Å². The van der Waals surface area contributed by atoms with E-state index in [1.54, 1.807) is 12.4 Å². The first kappa shape index (κ1) is 27.4. The van der Waals surface area contributed by atoms with Crippen molar-refractivity contribution in [2.75, 3.05) is 0 Å². The summed E-state index contributed by atoms with van der Waals surface area (Å²) in [6.07, 6.45) is 7.29. The van der Waals surface area contributed by atoms with Crippen LogP contribution in [-0.2, 0) is 0 Å². The predicted octanol–water partition coefficient (Wildman–Crippen LogP) is 11.3. The van der Waals surface area contributed by atoms with Crippen LogP contribution in [0.25, 0.3) is 88.6 Å². The number of hydrogen-bond acceptors (Lipinski definition) is 3. The van der Waals surface area contributed by atoms with Gasteiger partial charge in [-0.3, -0.25) is 0 Å². The number of rotatable bonds is 5. The van der Waals surface area contributed by atoms with Crippen LogP contribution in [0, 0.1) is 0 Å². The Kier molecular flexibility index (Phi) is 6.11. The standard InChI is InChI=1S/C44H28N4O/c1-2-9-32(10-3-1)47-40-13-6-4-11-34(40)36-25-30(17-21-42(36)47)38-27-49-28-39(38)31-18-22-43-37(26-31)35-12-5-7-14-41(35)48(43)33-19-15-29(16-20-33)44-45-23-8-24-46-44/h1-28H. The molecule has 230 valence electrons. The molecule has 0 aliphatic rings. The van der Waals surface area contributed by atoms with E-state index >= 15 is 0 Å². The molecule has 0 spiro atoms. The Labute approximate surface area is 282 Å². The maximum atomic E-state index is 5.93. The molecule has 0 fully saturated rings. The highest BCUT2D eigenvalue weighted by molar-refractivity contribution is 6.12. The largest absolute Gasteiger partial charge is 0.471 e. The molecule has 0 atom stereocenters. The van der Waals surface area contributed by atoms with E-state index in [1.165, 1.54) is 32.6 Å². The van der Waals surface area contributed by atoms with Crippen LogP contribution in [0.4, 0.5) is 0 Å². The molecule has 6 aromatic carbocycles. The summed E-state index contributed by atoms with van der Waals surface area (Å²) in [7, 11) is 0. The fraction of sp³-hybridized carbons (Fsp3) is 0. The Bertz CT molecular complexity index is 2810. The van der Waals surface area contributed by atoms with Crippen LogP contribution in [0.2, 0.25) is 0 Å². The molecular formula is C44H28N4O. The summed E-state index contributed by atoms with van der Waals surface area (Å²) in [6.45, 7) is 0. The topological polar surface area (TPSA) is 48.8 Å². The molecule has 0 saturated heterocycles. The summed E-state index contributed by atoms with van der Waals surface area (Å²) in [5.74, 6) is 0.720. The summed E-state index contributed by atoms with van der Waals surface area (Å²) < 4.78 is 10.6. The average molecular weight is 629 g/mol. The molecule has 0 saturated carbocycles. The van der Waals surface area contributed by atoms with E-state index in [1.807, 2.05) is 18.6 Å². The van der Waals surface area contributed by atoms with Crippen molar-refractivity contribution in [3.63, 3.8) is 0 Å². The predicted molar refractivity (Wildman–Crippen MR) is 199 cm³/mol. The molecule has 0 aliphatic heterocycles. The smallest absolute Gasteiger partial charge is 0.159 e. The minimum absolute atomic E-state index is 0.720. The molecule has 5 nitrogen and oxygen atoms in total. The van der Waals surface area contributed by atoms with E-state index in [4.69, 9.17) is 4.42 Å². The van der Waals surface area contributed by atoms with Crippen LogP contribution in [0.1, 0.15) is 0 Å². The van der Waals surface area contributed by atoms with Gasteiger partial charge in [-0.25, -0.2) is 9.97 Å². The molecule has 5 heteroatoms. The van der Waals surface area contributed by atoms with Crippen molar-refractivity contribution >= 4 is 43.6 Å². The Balaban J connectivity index is 1.10. The fourth-order valence-corrected chi connectivity index (χ4v) is 7.37. The molecule has 0 radical (unpaired) electrons. The van der Waals surface area contributed by atoms with Gasteiger partial charge in [-0.2, -0.15) is 0 Å². The molecule has 4 heterocycles. The van der Waals surface area contributed by atoms with Gasteiger partial charge in [0.15, 0.2) is 5.82 Å². The molecule has 49 heavy (non-hydrogen) atoms. The lowest BCUT2D eigenvalue weighted by molar-refractivity contribution is 0.569. The van der Waals surface area contributed by atoms with Gasteiger partial charge in [0.05, 0.1) is 34.6 Å². The molecular weight excluding hydrogens is 601 g/mol. The number of hydrogen-bond donors (Lipinski definition) is 0. The van der Waals surface area contributed by atoms with Crippen molar-refractivity contribution in [2.24, 2.45) is 0 Å². The Morgan fingerprint density at radius 2 is 0.857 bits per heavy atom. The van der Waals surface area contributed by atoms with E-state index in [2.05, 4.69) is 159 Å². The summed E-state index contributed by atoms with van der Waals surface area (Å²) >= 11 is 0. The van der Waals surface area contributed by atoms with Gasteiger partial charge >= 0.3 is 0 Å². The molecule has 4 aromatic heterocycles. The van der Waals surface area contributed by atoms with E-state index in [0.717, 1.165) is 56.0 Å². The van der Waals surface area contributed by atoms with Crippen molar-refractivity contribution in [3.05, 3.63) is 171 Å². The second-order valence-electron chi connectivity index (χ2n) is 12.3. The maximum absolute atomic E-state index is 5.93. The minimum Gasteiger partial charge on any atom is -0.471 e. The minimum atomic E-state index is 0.720. The second-order valence-corrected chi connectivity index (χ2v) is 12.3. The van der Waals surface area contributed by atoms with Crippen LogP contribution < -0.4 is 0 Å². The zero-order chi connectivity index (χ0) is 32.3. The van der Waals surface area contributed by atoms with Gasteiger partial charge in [0, 0.05) is 62.0 Å². The first-order valence-corrected chi connectivity index (χ1v) is 16.4. The number of nitrogens with zero attached hydrogens (tertiary/aromatic N) is 4. The fourth-order valence-electron chi connectivity index (χ4n) is 7.37. The number of benzene rings is 6. The first-order chi connectivity index (χ1) is 24.3. The monoisotopic (exact) mass is 628 g/mol. The van der Waals surface area contributed by atoms with Gasteiger partial charge in [-0.15, -0.1) is 0 Å². The average Bonchev–Trinajstić information content (AvgIpc) is 3.88. The summed E-state index contributed by atoms with van der Waals surface area (Å²) in [5.41, 5.74) is 12.3. The zero-order valence-corrected chi connectivity index (χ0v) is 26.4. The summed E-state index contributed by atoms with van der Waals surface area (Å²) in [5, 5.41) is 4.84. The van der Waals surface area contributed by atoms with Crippen LogP contribution in [0.3, 0.4) is 0 Å². The lowest BCUT2D eigenvalue weighted by atomic mass is 9.96. The first-order valence-electron chi connectivity index (χ1n) is 16.4. The molecule has 10 aromatic rings. The van der Waals surface area contributed by atoms with Crippen LogP contribution >= 0.6 is 0 Å². The number of fused-ring (bicyclic) bond motifs is 6. The highest BCUT2D eigenvalue weighted by Gasteiger charge is 2.18. The molecule has 0 aliphatic carbocycles. The van der Waals surface area contributed by atoms with Crippen molar-refractivity contribution in [1.29, 1.82) is 0 Å². The third kappa shape index (κ3) is 4.33. The van der Waals surface area contributed by atoms with Gasteiger partial charge in [0.1, 0.15) is 0 Å². The van der Waals surface area contributed by atoms with Crippen molar-refractivity contribution in [3.8, 4) is 45.0 Å². The van der Waals surface area contributed by atoms with E-state index in [-0.39, 0.29) is 0 Å². The van der Waals surface area contributed by atoms with Crippen LogP contribution in [0.5, 0.6) is 0 Å². The lowest BCUT2D eigenvalue weighted by Crippen LogP contribution is -1.94. The molecule has 10 rings (SSSR count). The molecule has 0 bridgehead atoms. The Morgan fingerprint density at radius 3 is 1.43 bits per heavy atom. The van der Waals surface area contributed by atoms with Gasteiger partial charge in [-0.1, -0.05) is 66.7 Å². The van der Waals surface area contributed by atoms with E-state index in [0.29, 0.717) is 0 Å². The number of para-hydroxylation sites is 3. The Morgan fingerprint density at radius 1 is 0.388 bits per heavy atom. The number of furan rings is 1. The molecule has 0 N–H and O–H groups in total. The van der Waals surface area contributed by atoms with Crippen molar-refractivity contribution in [2.45, 2.75) is 0 Å². The lowest BCUT2D eigenvalue weighted by Gasteiger charge is -2.10. The normalized spacial score (nSPS) is 11.7. The van der Waals surface area contributed by atoms with Gasteiger partial charge in [0.25, 0.3) is 0 Å². The van der Waals surface area contributed by atoms with Crippen molar-refractivity contribution < 1.29 is 4.42 Å². The summed E-state index contributed by atoms with van der Waals surface area (Å²) in [4.78, 5) is 8.84. The third-order valence-corrected chi connectivity index (χ3v) is 9.59. The van der Waals surface area contributed by atoms with Crippen molar-refractivity contribution in [1.82, 2.24) is 19.1 Å². The zero-order valence-electron chi connectivity index (χ0n) is 26.4. The van der Waals surface area contributed by atoms with Crippen LogP contribution in [0.15, 0.2) is 175 Å². The SMILES string of the molecule is c1ccc(-n2c3ccccc3c3cc(-c4cocc4-c4ccc5c(c4)c4ccccc4n5-c4ccc(-c5ncccn5)cc4)ccc32)cc1. The highest BCUT2D eigenvalue weighted by atomic mass is 16.3. The van der Waals surface area contributed by atoms with Gasteiger partial charge in [0.2, 0.25) is 0 Å². The second kappa shape index (κ2) is 10.9. The van der Waals surface area contributed by atoms with Gasteiger partial charge in [-0.05, 0) is 90.0 Å².